The average molecular weight is 171 g/mol. The van der Waals surface area contributed by atoms with Crippen LogP contribution in [0.3, 0.4) is 0 Å². The SMILES string of the molecule is N#CC1(C(=O)O)CCSCC1. The van der Waals surface area contributed by atoms with Gasteiger partial charge in [0.05, 0.1) is 6.07 Å². The first-order chi connectivity index (χ1) is 5.21. The van der Waals surface area contributed by atoms with Crippen LogP contribution < -0.4 is 0 Å². The van der Waals surface area contributed by atoms with Gasteiger partial charge in [0.15, 0.2) is 5.41 Å². The molecule has 4 heteroatoms. The lowest BCUT2D eigenvalue weighted by Crippen LogP contribution is -2.33. The highest BCUT2D eigenvalue weighted by atomic mass is 32.2. The first-order valence-electron chi connectivity index (χ1n) is 3.44. The molecule has 0 aromatic rings. The number of hydrogen-bond acceptors (Lipinski definition) is 3. The van der Waals surface area contributed by atoms with Gasteiger partial charge in [0.25, 0.3) is 0 Å². The van der Waals surface area contributed by atoms with Gasteiger partial charge in [-0.3, -0.25) is 4.79 Å². The van der Waals surface area contributed by atoms with E-state index in [2.05, 4.69) is 0 Å². The molecule has 1 rings (SSSR count). The van der Waals surface area contributed by atoms with Gasteiger partial charge in [-0.25, -0.2) is 0 Å². The fraction of sp³-hybridized carbons (Fsp3) is 0.714. The van der Waals surface area contributed by atoms with Gasteiger partial charge in [-0.15, -0.1) is 0 Å². The van der Waals surface area contributed by atoms with Gasteiger partial charge in [-0.05, 0) is 24.3 Å². The van der Waals surface area contributed by atoms with Crippen LogP contribution >= 0.6 is 11.8 Å². The van der Waals surface area contributed by atoms with Crippen LogP contribution in [0.4, 0.5) is 0 Å². The van der Waals surface area contributed by atoms with Crippen LogP contribution in [-0.4, -0.2) is 22.6 Å². The summed E-state index contributed by atoms with van der Waals surface area (Å²) in [5.74, 6) is 0.625. The van der Waals surface area contributed by atoms with E-state index in [1.165, 1.54) is 0 Å². The number of thioether (sulfide) groups is 1. The van der Waals surface area contributed by atoms with Gasteiger partial charge < -0.3 is 5.11 Å². The summed E-state index contributed by atoms with van der Waals surface area (Å²) in [7, 11) is 0. The first kappa shape index (κ1) is 8.41. The maximum Gasteiger partial charge on any atom is 0.324 e. The second-order valence-electron chi connectivity index (χ2n) is 2.61. The van der Waals surface area contributed by atoms with Crippen molar-refractivity contribution in [3.8, 4) is 6.07 Å². The van der Waals surface area contributed by atoms with Crippen molar-refractivity contribution in [3.63, 3.8) is 0 Å². The Morgan fingerprint density at radius 2 is 2.09 bits per heavy atom. The summed E-state index contributed by atoms with van der Waals surface area (Å²) in [5, 5.41) is 17.4. The molecule has 0 saturated carbocycles. The van der Waals surface area contributed by atoms with Crippen LogP contribution in [0.5, 0.6) is 0 Å². The first-order valence-corrected chi connectivity index (χ1v) is 4.59. The smallest absolute Gasteiger partial charge is 0.324 e. The minimum Gasteiger partial charge on any atom is -0.480 e. The van der Waals surface area contributed by atoms with E-state index >= 15 is 0 Å². The zero-order chi connectivity index (χ0) is 8.32. The standard InChI is InChI=1S/C7H9NO2S/c8-5-7(6(9)10)1-3-11-4-2-7/h1-4H2,(H,9,10). The molecule has 0 aliphatic carbocycles. The maximum absolute atomic E-state index is 10.7. The Bertz CT molecular complexity index is 203. The fourth-order valence-electron chi connectivity index (χ4n) is 1.09. The molecule has 0 radical (unpaired) electrons. The predicted octanol–water partition coefficient (Wildman–Crippen LogP) is 1.11. The molecule has 0 aromatic carbocycles. The van der Waals surface area contributed by atoms with E-state index in [1.807, 2.05) is 6.07 Å². The summed E-state index contributed by atoms with van der Waals surface area (Å²) in [5.41, 5.74) is -1.08. The molecular formula is C7H9NO2S. The second kappa shape index (κ2) is 3.14. The van der Waals surface area contributed by atoms with E-state index in [1.54, 1.807) is 11.8 Å². The van der Waals surface area contributed by atoms with E-state index in [0.29, 0.717) is 12.8 Å². The van der Waals surface area contributed by atoms with Crippen molar-refractivity contribution in [2.45, 2.75) is 12.8 Å². The van der Waals surface area contributed by atoms with Gasteiger partial charge in [0.1, 0.15) is 0 Å². The van der Waals surface area contributed by atoms with Gasteiger partial charge in [-0.2, -0.15) is 17.0 Å². The molecule has 0 bridgehead atoms. The molecule has 0 spiro atoms. The van der Waals surface area contributed by atoms with Gasteiger partial charge in [-0.1, -0.05) is 0 Å². The summed E-state index contributed by atoms with van der Waals surface area (Å²) in [6, 6.07) is 1.90. The van der Waals surface area contributed by atoms with Crippen molar-refractivity contribution >= 4 is 17.7 Å². The monoisotopic (exact) mass is 171 g/mol. The number of rotatable bonds is 1. The molecule has 0 atom stereocenters. The Kier molecular flexibility index (Phi) is 2.40. The summed E-state index contributed by atoms with van der Waals surface area (Å²) < 4.78 is 0. The average Bonchev–Trinajstić information content (AvgIpc) is 2.05. The molecule has 1 N–H and O–H groups in total. The molecule has 1 fully saturated rings. The Hall–Kier alpha value is -0.690. The van der Waals surface area contributed by atoms with E-state index < -0.39 is 11.4 Å². The van der Waals surface area contributed by atoms with E-state index in [9.17, 15) is 4.79 Å². The Morgan fingerprint density at radius 1 is 1.55 bits per heavy atom. The zero-order valence-electron chi connectivity index (χ0n) is 6.04. The van der Waals surface area contributed by atoms with Crippen LogP contribution in [0.2, 0.25) is 0 Å². The lowest BCUT2D eigenvalue weighted by molar-refractivity contribution is -0.145. The molecular weight excluding hydrogens is 162 g/mol. The van der Waals surface area contributed by atoms with Crippen molar-refractivity contribution in [2.75, 3.05) is 11.5 Å². The van der Waals surface area contributed by atoms with Gasteiger partial charge >= 0.3 is 5.97 Å². The molecule has 0 unspecified atom stereocenters. The highest BCUT2D eigenvalue weighted by molar-refractivity contribution is 7.99. The quantitative estimate of drug-likeness (QED) is 0.642. The number of carboxylic acid groups (broad SMARTS) is 1. The summed E-state index contributed by atoms with van der Waals surface area (Å²) in [6.07, 6.45) is 0.979. The Labute approximate surface area is 69.4 Å². The van der Waals surface area contributed by atoms with Crippen LogP contribution in [0, 0.1) is 16.7 Å². The van der Waals surface area contributed by atoms with Crippen molar-refractivity contribution < 1.29 is 9.90 Å². The van der Waals surface area contributed by atoms with Crippen molar-refractivity contribution in [3.05, 3.63) is 0 Å². The third-order valence-electron chi connectivity index (χ3n) is 1.97. The highest BCUT2D eigenvalue weighted by Gasteiger charge is 2.39. The number of carboxylic acids is 1. The van der Waals surface area contributed by atoms with Crippen LogP contribution in [-0.2, 0) is 4.79 Å². The van der Waals surface area contributed by atoms with Crippen molar-refractivity contribution in [2.24, 2.45) is 5.41 Å². The number of nitriles is 1. The van der Waals surface area contributed by atoms with Gasteiger partial charge in [0.2, 0.25) is 0 Å². The van der Waals surface area contributed by atoms with Crippen LogP contribution in [0.15, 0.2) is 0 Å². The lowest BCUT2D eigenvalue weighted by Gasteiger charge is -2.25. The Balaban J connectivity index is 2.75. The van der Waals surface area contributed by atoms with Gasteiger partial charge in [0, 0.05) is 0 Å². The summed E-state index contributed by atoms with van der Waals surface area (Å²) in [4.78, 5) is 10.7. The van der Waals surface area contributed by atoms with Crippen molar-refractivity contribution in [1.29, 1.82) is 5.26 Å². The maximum atomic E-state index is 10.7. The molecule has 1 saturated heterocycles. The molecule has 1 aliphatic rings. The summed E-state index contributed by atoms with van der Waals surface area (Å²) in [6.45, 7) is 0. The molecule has 60 valence electrons. The lowest BCUT2D eigenvalue weighted by atomic mass is 9.84. The third-order valence-corrected chi connectivity index (χ3v) is 2.96. The summed E-state index contributed by atoms with van der Waals surface area (Å²) >= 11 is 1.72. The highest BCUT2D eigenvalue weighted by Crippen LogP contribution is 2.34. The van der Waals surface area contributed by atoms with E-state index in [0.717, 1.165) is 11.5 Å². The number of carbonyl (C=O) groups is 1. The topological polar surface area (TPSA) is 61.1 Å². The number of aliphatic carboxylic acids is 1. The third kappa shape index (κ3) is 1.48. The molecule has 1 heterocycles. The van der Waals surface area contributed by atoms with E-state index in [4.69, 9.17) is 10.4 Å². The predicted molar refractivity (Wildman–Crippen MR) is 42.2 cm³/mol. The van der Waals surface area contributed by atoms with E-state index in [-0.39, 0.29) is 0 Å². The number of hydrogen-bond donors (Lipinski definition) is 1. The molecule has 1 aliphatic heterocycles. The molecule has 0 amide bonds. The van der Waals surface area contributed by atoms with Crippen molar-refractivity contribution in [1.82, 2.24) is 0 Å². The molecule has 3 nitrogen and oxygen atoms in total. The zero-order valence-corrected chi connectivity index (χ0v) is 6.86. The molecule has 11 heavy (non-hydrogen) atoms. The fourth-order valence-corrected chi connectivity index (χ4v) is 2.28. The Morgan fingerprint density at radius 3 is 2.36 bits per heavy atom. The minimum absolute atomic E-state index is 0.490. The number of nitrogens with zero attached hydrogens (tertiary/aromatic N) is 1. The molecule has 0 aromatic heterocycles. The minimum atomic E-state index is -1.08. The normalized spacial score (nSPS) is 22.1. The van der Waals surface area contributed by atoms with Crippen LogP contribution in [0.1, 0.15) is 12.8 Å². The van der Waals surface area contributed by atoms with Crippen LogP contribution in [0.25, 0.3) is 0 Å². The second-order valence-corrected chi connectivity index (χ2v) is 3.84. The largest absolute Gasteiger partial charge is 0.480 e.